The van der Waals surface area contributed by atoms with Gasteiger partial charge in [0, 0.05) is 12.7 Å². The van der Waals surface area contributed by atoms with Crippen molar-refractivity contribution in [3.63, 3.8) is 0 Å². The Kier molecular flexibility index (Phi) is 5.24. The maximum Gasteiger partial charge on any atom is 0.224 e. The second-order valence-electron chi connectivity index (χ2n) is 6.49. The predicted octanol–water partition coefficient (Wildman–Crippen LogP) is 2.37. The average molecular weight is 372 g/mol. The number of rotatable bonds is 7. The molecule has 2 heterocycles. The van der Waals surface area contributed by atoms with E-state index in [4.69, 9.17) is 0 Å². The highest BCUT2D eigenvalue weighted by atomic mass is 16.1. The number of nitrogens with zero attached hydrogens (tertiary/aromatic N) is 5. The maximum absolute atomic E-state index is 12.2. The Bertz CT molecular complexity index is 1020. The normalized spacial score (nSPS) is 10.7. The molecule has 0 bridgehead atoms. The van der Waals surface area contributed by atoms with E-state index in [0.29, 0.717) is 19.5 Å². The minimum atomic E-state index is -0.0284. The molecule has 28 heavy (non-hydrogen) atoms. The zero-order valence-electron chi connectivity index (χ0n) is 15.3. The molecule has 7 nitrogen and oxygen atoms in total. The number of para-hydroxylation sites is 1. The molecule has 4 aromatic rings. The molecule has 0 aliphatic heterocycles. The standard InChI is InChI=1S/C21H20N6O/c28-21(10-19-12-24-27(14-19)20-4-2-1-3-5-20)23-11-17-6-8-18(9-7-17)13-26-16-22-15-25-26/h1-9,12,14-16H,10-11,13H2,(H,23,28). The van der Waals surface area contributed by atoms with Crippen molar-refractivity contribution >= 4 is 5.91 Å². The molecule has 2 aromatic carbocycles. The fourth-order valence-electron chi connectivity index (χ4n) is 2.89. The van der Waals surface area contributed by atoms with Crippen LogP contribution in [0.2, 0.25) is 0 Å². The molecule has 0 fully saturated rings. The van der Waals surface area contributed by atoms with Gasteiger partial charge >= 0.3 is 0 Å². The quantitative estimate of drug-likeness (QED) is 0.540. The molecule has 0 saturated heterocycles. The van der Waals surface area contributed by atoms with Gasteiger partial charge in [-0.3, -0.25) is 4.79 Å². The fraction of sp³-hybridized carbons (Fsp3) is 0.143. The van der Waals surface area contributed by atoms with E-state index in [9.17, 15) is 4.79 Å². The molecule has 0 spiro atoms. The third kappa shape index (κ3) is 4.50. The van der Waals surface area contributed by atoms with E-state index in [0.717, 1.165) is 22.4 Å². The average Bonchev–Trinajstić information content (AvgIpc) is 3.40. The van der Waals surface area contributed by atoms with E-state index in [1.54, 1.807) is 21.9 Å². The molecule has 0 unspecified atom stereocenters. The van der Waals surface area contributed by atoms with E-state index < -0.39 is 0 Å². The van der Waals surface area contributed by atoms with Gasteiger partial charge in [0.05, 0.1) is 24.8 Å². The lowest BCUT2D eigenvalue weighted by Gasteiger charge is -2.06. The van der Waals surface area contributed by atoms with Gasteiger partial charge in [-0.2, -0.15) is 10.2 Å². The summed E-state index contributed by atoms with van der Waals surface area (Å²) in [5, 5.41) is 11.4. The summed E-state index contributed by atoms with van der Waals surface area (Å²) < 4.78 is 3.54. The number of carbonyl (C=O) groups is 1. The highest BCUT2D eigenvalue weighted by molar-refractivity contribution is 5.78. The second kappa shape index (κ2) is 8.30. The summed E-state index contributed by atoms with van der Waals surface area (Å²) in [6.07, 6.45) is 7.12. The zero-order chi connectivity index (χ0) is 19.2. The monoisotopic (exact) mass is 372 g/mol. The van der Waals surface area contributed by atoms with E-state index in [1.165, 1.54) is 6.33 Å². The van der Waals surface area contributed by atoms with Gasteiger partial charge < -0.3 is 5.32 Å². The van der Waals surface area contributed by atoms with E-state index >= 15 is 0 Å². The predicted molar refractivity (Wildman–Crippen MR) is 105 cm³/mol. The Morgan fingerprint density at radius 3 is 2.46 bits per heavy atom. The van der Waals surface area contributed by atoms with Crippen LogP contribution in [-0.2, 0) is 24.3 Å². The zero-order valence-corrected chi connectivity index (χ0v) is 15.3. The van der Waals surface area contributed by atoms with Gasteiger partial charge in [-0.25, -0.2) is 14.3 Å². The molecule has 0 aliphatic rings. The maximum atomic E-state index is 12.2. The van der Waals surface area contributed by atoms with Crippen molar-refractivity contribution in [2.75, 3.05) is 0 Å². The number of carbonyl (C=O) groups excluding carboxylic acids is 1. The number of hydrogen-bond acceptors (Lipinski definition) is 4. The minimum Gasteiger partial charge on any atom is -0.352 e. The van der Waals surface area contributed by atoms with Crippen molar-refractivity contribution in [2.24, 2.45) is 0 Å². The second-order valence-corrected chi connectivity index (χ2v) is 6.49. The molecule has 0 saturated carbocycles. The van der Waals surface area contributed by atoms with Crippen LogP contribution in [0, 0.1) is 0 Å². The van der Waals surface area contributed by atoms with Crippen LogP contribution in [0.4, 0.5) is 0 Å². The fourth-order valence-corrected chi connectivity index (χ4v) is 2.89. The van der Waals surface area contributed by atoms with Crippen molar-refractivity contribution in [1.82, 2.24) is 29.9 Å². The van der Waals surface area contributed by atoms with Crippen LogP contribution in [0.3, 0.4) is 0 Å². The lowest BCUT2D eigenvalue weighted by molar-refractivity contribution is -0.120. The molecular formula is C21H20N6O. The first-order valence-corrected chi connectivity index (χ1v) is 9.02. The summed E-state index contributed by atoms with van der Waals surface area (Å²) in [5.74, 6) is -0.0284. The van der Waals surface area contributed by atoms with Crippen molar-refractivity contribution in [1.29, 1.82) is 0 Å². The van der Waals surface area contributed by atoms with Crippen LogP contribution in [0.1, 0.15) is 16.7 Å². The summed E-state index contributed by atoms with van der Waals surface area (Å²) in [7, 11) is 0. The van der Waals surface area contributed by atoms with E-state index in [2.05, 4.69) is 20.5 Å². The Hall–Kier alpha value is -3.74. The third-order valence-corrected chi connectivity index (χ3v) is 4.35. The lowest BCUT2D eigenvalue weighted by atomic mass is 10.1. The van der Waals surface area contributed by atoms with Crippen LogP contribution < -0.4 is 5.32 Å². The Labute approximate surface area is 162 Å². The lowest BCUT2D eigenvalue weighted by Crippen LogP contribution is -2.24. The number of amides is 1. The molecule has 0 radical (unpaired) electrons. The van der Waals surface area contributed by atoms with Crippen LogP contribution in [-0.4, -0.2) is 30.5 Å². The van der Waals surface area contributed by atoms with Crippen molar-refractivity contribution in [3.05, 3.63) is 96.3 Å². The molecule has 0 aliphatic carbocycles. The first kappa shape index (κ1) is 17.7. The molecule has 4 rings (SSSR count). The van der Waals surface area contributed by atoms with Crippen LogP contribution in [0.15, 0.2) is 79.6 Å². The van der Waals surface area contributed by atoms with Crippen LogP contribution >= 0.6 is 0 Å². The molecule has 1 amide bonds. The van der Waals surface area contributed by atoms with Crippen molar-refractivity contribution in [2.45, 2.75) is 19.5 Å². The van der Waals surface area contributed by atoms with Crippen LogP contribution in [0.5, 0.6) is 0 Å². The first-order chi connectivity index (χ1) is 13.8. The molecule has 140 valence electrons. The largest absolute Gasteiger partial charge is 0.352 e. The minimum absolute atomic E-state index is 0.0284. The summed E-state index contributed by atoms with van der Waals surface area (Å²) in [6.45, 7) is 1.17. The van der Waals surface area contributed by atoms with Gasteiger partial charge in [-0.15, -0.1) is 0 Å². The molecule has 1 N–H and O–H groups in total. The van der Waals surface area contributed by atoms with Crippen LogP contribution in [0.25, 0.3) is 5.69 Å². The van der Waals surface area contributed by atoms with Gasteiger partial charge in [0.25, 0.3) is 0 Å². The highest BCUT2D eigenvalue weighted by Gasteiger charge is 2.07. The van der Waals surface area contributed by atoms with Gasteiger partial charge in [0.1, 0.15) is 12.7 Å². The smallest absolute Gasteiger partial charge is 0.224 e. The number of aromatic nitrogens is 5. The first-order valence-electron chi connectivity index (χ1n) is 9.02. The van der Waals surface area contributed by atoms with Gasteiger partial charge in [-0.1, -0.05) is 42.5 Å². The topological polar surface area (TPSA) is 77.6 Å². The van der Waals surface area contributed by atoms with Gasteiger partial charge in [-0.05, 0) is 28.8 Å². The Morgan fingerprint density at radius 1 is 0.929 bits per heavy atom. The highest BCUT2D eigenvalue weighted by Crippen LogP contribution is 2.09. The summed E-state index contributed by atoms with van der Waals surface area (Å²) in [5.41, 5.74) is 4.04. The van der Waals surface area contributed by atoms with E-state index in [-0.39, 0.29) is 5.91 Å². The van der Waals surface area contributed by atoms with Gasteiger partial charge in [0.15, 0.2) is 0 Å². The summed E-state index contributed by atoms with van der Waals surface area (Å²) in [6, 6.07) is 17.9. The molecular weight excluding hydrogens is 352 g/mol. The van der Waals surface area contributed by atoms with Crippen molar-refractivity contribution in [3.8, 4) is 5.69 Å². The number of hydrogen-bond donors (Lipinski definition) is 1. The summed E-state index contributed by atoms with van der Waals surface area (Å²) in [4.78, 5) is 16.2. The molecule has 0 atom stereocenters. The Balaban J connectivity index is 1.28. The third-order valence-electron chi connectivity index (χ3n) is 4.35. The number of nitrogens with one attached hydrogen (secondary N) is 1. The van der Waals surface area contributed by atoms with Crippen molar-refractivity contribution < 1.29 is 4.79 Å². The molecule has 2 aromatic heterocycles. The Morgan fingerprint density at radius 2 is 1.71 bits per heavy atom. The SMILES string of the molecule is O=C(Cc1cnn(-c2ccccc2)c1)NCc1ccc(Cn2cncn2)cc1. The van der Waals surface area contributed by atoms with Gasteiger partial charge in [0.2, 0.25) is 5.91 Å². The number of benzene rings is 2. The molecule has 7 heteroatoms. The summed E-state index contributed by atoms with van der Waals surface area (Å²) >= 11 is 0. The van der Waals surface area contributed by atoms with E-state index in [1.807, 2.05) is 60.8 Å².